The first-order chi connectivity index (χ1) is 9.63. The second-order valence-electron chi connectivity index (χ2n) is 4.17. The van der Waals surface area contributed by atoms with E-state index in [1.54, 1.807) is 22.5 Å². The first-order valence-corrected chi connectivity index (χ1v) is 7.78. The number of hydrogen-bond acceptors (Lipinski definition) is 4. The van der Waals surface area contributed by atoms with Gasteiger partial charge in [-0.25, -0.2) is 9.48 Å². The fourth-order valence-electron chi connectivity index (χ4n) is 1.85. The Kier molecular flexibility index (Phi) is 5.03. The minimum atomic E-state index is -1.07. The van der Waals surface area contributed by atoms with Crippen LogP contribution in [-0.2, 0) is 13.0 Å². The smallest absolute Gasteiger partial charge is 0.358 e. The average Bonchev–Trinajstić information content (AvgIpc) is 2.82. The van der Waals surface area contributed by atoms with Crippen molar-refractivity contribution in [1.29, 1.82) is 0 Å². The van der Waals surface area contributed by atoms with E-state index in [0.29, 0.717) is 23.7 Å². The minimum Gasteiger partial charge on any atom is -0.476 e. The molecule has 0 aliphatic carbocycles. The summed E-state index contributed by atoms with van der Waals surface area (Å²) < 4.78 is 1.64. The van der Waals surface area contributed by atoms with E-state index in [4.69, 9.17) is 11.6 Å². The molecule has 1 N–H and O–H groups in total. The van der Waals surface area contributed by atoms with Crippen molar-refractivity contribution in [2.24, 2.45) is 0 Å². The molecule has 0 bridgehead atoms. The summed E-state index contributed by atoms with van der Waals surface area (Å²) in [7, 11) is 0. The van der Waals surface area contributed by atoms with Crippen LogP contribution in [0.25, 0.3) is 0 Å². The Hall–Kier alpha value is -1.53. The predicted octanol–water partition coefficient (Wildman–Crippen LogP) is 2.58. The van der Waals surface area contributed by atoms with Crippen LogP contribution in [0, 0.1) is 0 Å². The van der Waals surface area contributed by atoms with Crippen LogP contribution in [0.15, 0.2) is 24.3 Å². The SMILES string of the molecule is CSCCn1nnc(C(=O)O)c1Cc1ccccc1Cl. The van der Waals surface area contributed by atoms with Crippen LogP contribution in [0.2, 0.25) is 5.02 Å². The maximum atomic E-state index is 11.2. The number of carboxylic acids is 1. The Morgan fingerprint density at radius 2 is 2.20 bits per heavy atom. The number of carbonyl (C=O) groups is 1. The Bertz CT molecular complexity index is 615. The zero-order valence-corrected chi connectivity index (χ0v) is 12.5. The highest BCUT2D eigenvalue weighted by Crippen LogP contribution is 2.20. The molecule has 0 saturated heterocycles. The van der Waals surface area contributed by atoms with Crippen molar-refractivity contribution >= 4 is 29.3 Å². The number of halogens is 1. The average molecular weight is 312 g/mol. The van der Waals surface area contributed by atoms with Crippen LogP contribution >= 0.6 is 23.4 Å². The number of benzene rings is 1. The third kappa shape index (κ3) is 3.32. The van der Waals surface area contributed by atoms with Crippen molar-refractivity contribution in [2.75, 3.05) is 12.0 Å². The van der Waals surface area contributed by atoms with Gasteiger partial charge in [0, 0.05) is 17.2 Å². The maximum absolute atomic E-state index is 11.2. The molecule has 0 saturated carbocycles. The molecule has 5 nitrogen and oxygen atoms in total. The molecule has 7 heteroatoms. The zero-order valence-electron chi connectivity index (χ0n) is 10.9. The van der Waals surface area contributed by atoms with E-state index < -0.39 is 5.97 Å². The Labute approximate surface area is 125 Å². The lowest BCUT2D eigenvalue weighted by Gasteiger charge is -2.07. The second-order valence-corrected chi connectivity index (χ2v) is 5.57. The molecule has 0 spiro atoms. The van der Waals surface area contributed by atoms with Gasteiger partial charge < -0.3 is 5.11 Å². The summed E-state index contributed by atoms with van der Waals surface area (Å²) >= 11 is 7.80. The Morgan fingerprint density at radius 3 is 2.85 bits per heavy atom. The number of aromatic carboxylic acids is 1. The number of rotatable bonds is 6. The van der Waals surface area contributed by atoms with Gasteiger partial charge in [-0.1, -0.05) is 35.0 Å². The van der Waals surface area contributed by atoms with E-state index in [0.717, 1.165) is 11.3 Å². The van der Waals surface area contributed by atoms with Crippen molar-refractivity contribution < 1.29 is 9.90 Å². The zero-order chi connectivity index (χ0) is 14.5. The second kappa shape index (κ2) is 6.76. The number of hydrogen-bond donors (Lipinski definition) is 1. The molecular formula is C13H14ClN3O2S. The van der Waals surface area contributed by atoms with Crippen LogP contribution in [0.5, 0.6) is 0 Å². The highest BCUT2D eigenvalue weighted by atomic mass is 35.5. The standard InChI is InChI=1S/C13H14ClN3O2S/c1-20-7-6-17-11(12(13(18)19)15-16-17)8-9-4-2-3-5-10(9)14/h2-5H,6-8H2,1H3,(H,18,19). The van der Waals surface area contributed by atoms with Gasteiger partial charge in [0.2, 0.25) is 0 Å². The van der Waals surface area contributed by atoms with E-state index in [9.17, 15) is 9.90 Å². The fourth-order valence-corrected chi connectivity index (χ4v) is 2.41. The van der Waals surface area contributed by atoms with Gasteiger partial charge in [-0.05, 0) is 17.9 Å². The van der Waals surface area contributed by atoms with Crippen LogP contribution in [-0.4, -0.2) is 38.1 Å². The molecule has 1 heterocycles. The van der Waals surface area contributed by atoms with Gasteiger partial charge in [0.1, 0.15) is 0 Å². The third-order valence-electron chi connectivity index (χ3n) is 2.86. The van der Waals surface area contributed by atoms with Gasteiger partial charge >= 0.3 is 5.97 Å². The van der Waals surface area contributed by atoms with Gasteiger partial charge in [0.05, 0.1) is 12.2 Å². The normalized spacial score (nSPS) is 10.7. The molecule has 2 aromatic rings. The molecule has 0 aliphatic rings. The van der Waals surface area contributed by atoms with Crippen molar-refractivity contribution in [3.8, 4) is 0 Å². The topological polar surface area (TPSA) is 68.0 Å². The number of aryl methyl sites for hydroxylation is 1. The number of aromatic nitrogens is 3. The molecular weight excluding hydrogens is 298 g/mol. The molecule has 0 radical (unpaired) electrons. The molecule has 1 aromatic heterocycles. The summed E-state index contributed by atoms with van der Waals surface area (Å²) in [4.78, 5) is 11.2. The highest BCUT2D eigenvalue weighted by molar-refractivity contribution is 7.98. The Morgan fingerprint density at radius 1 is 1.45 bits per heavy atom. The quantitative estimate of drug-likeness (QED) is 0.888. The molecule has 0 atom stereocenters. The monoisotopic (exact) mass is 311 g/mol. The summed E-state index contributed by atoms with van der Waals surface area (Å²) in [5.41, 5.74) is 1.44. The first-order valence-electron chi connectivity index (χ1n) is 6.01. The van der Waals surface area contributed by atoms with Crippen LogP contribution in [0.4, 0.5) is 0 Å². The minimum absolute atomic E-state index is 0.00831. The first kappa shape index (κ1) is 14.9. The van der Waals surface area contributed by atoms with E-state index in [2.05, 4.69) is 10.3 Å². The van der Waals surface area contributed by atoms with Gasteiger partial charge in [0.15, 0.2) is 5.69 Å². The number of nitrogens with zero attached hydrogens (tertiary/aromatic N) is 3. The van der Waals surface area contributed by atoms with Crippen molar-refractivity contribution in [2.45, 2.75) is 13.0 Å². The van der Waals surface area contributed by atoms with E-state index in [1.807, 2.05) is 24.5 Å². The lowest BCUT2D eigenvalue weighted by atomic mass is 10.1. The maximum Gasteiger partial charge on any atom is 0.358 e. The highest BCUT2D eigenvalue weighted by Gasteiger charge is 2.19. The van der Waals surface area contributed by atoms with Gasteiger partial charge in [-0.15, -0.1) is 5.10 Å². The van der Waals surface area contributed by atoms with Gasteiger partial charge in [0.25, 0.3) is 0 Å². The summed E-state index contributed by atoms with van der Waals surface area (Å²) in [6.07, 6.45) is 2.39. The van der Waals surface area contributed by atoms with Crippen LogP contribution < -0.4 is 0 Å². The molecule has 0 fully saturated rings. The van der Waals surface area contributed by atoms with E-state index in [1.165, 1.54) is 0 Å². The summed E-state index contributed by atoms with van der Waals surface area (Å²) in [5.74, 6) is -0.222. The summed E-state index contributed by atoms with van der Waals surface area (Å²) in [6, 6.07) is 7.37. The molecule has 20 heavy (non-hydrogen) atoms. The van der Waals surface area contributed by atoms with E-state index >= 15 is 0 Å². The van der Waals surface area contributed by atoms with Crippen molar-refractivity contribution in [3.63, 3.8) is 0 Å². The van der Waals surface area contributed by atoms with Crippen molar-refractivity contribution in [1.82, 2.24) is 15.0 Å². The lowest BCUT2D eigenvalue weighted by Crippen LogP contribution is -2.10. The fraction of sp³-hybridized carbons (Fsp3) is 0.308. The Balaban J connectivity index is 2.35. The van der Waals surface area contributed by atoms with E-state index in [-0.39, 0.29) is 5.69 Å². The molecule has 2 rings (SSSR count). The molecule has 0 amide bonds. The molecule has 106 valence electrons. The third-order valence-corrected chi connectivity index (χ3v) is 3.82. The largest absolute Gasteiger partial charge is 0.476 e. The van der Waals surface area contributed by atoms with Crippen LogP contribution in [0.1, 0.15) is 21.7 Å². The number of thioether (sulfide) groups is 1. The molecule has 1 aromatic carbocycles. The lowest BCUT2D eigenvalue weighted by molar-refractivity contribution is 0.0689. The van der Waals surface area contributed by atoms with Gasteiger partial charge in [-0.2, -0.15) is 11.8 Å². The predicted molar refractivity (Wildman–Crippen MR) is 79.6 cm³/mol. The molecule has 0 aliphatic heterocycles. The van der Waals surface area contributed by atoms with Crippen molar-refractivity contribution in [3.05, 3.63) is 46.2 Å². The summed E-state index contributed by atoms with van der Waals surface area (Å²) in [6.45, 7) is 0.626. The molecule has 0 unspecified atom stereocenters. The summed E-state index contributed by atoms with van der Waals surface area (Å²) in [5, 5.41) is 17.5. The number of carboxylic acid groups (broad SMARTS) is 1. The van der Waals surface area contributed by atoms with Crippen LogP contribution in [0.3, 0.4) is 0 Å². The van der Waals surface area contributed by atoms with Gasteiger partial charge in [-0.3, -0.25) is 0 Å².